The van der Waals surface area contributed by atoms with Gasteiger partial charge in [0.05, 0.1) is 17.1 Å². The summed E-state index contributed by atoms with van der Waals surface area (Å²) in [7, 11) is 0. The van der Waals surface area contributed by atoms with Crippen molar-refractivity contribution in [1.82, 2.24) is 19.9 Å². The Morgan fingerprint density at radius 1 is 1.63 bits per heavy atom. The number of imidazole rings is 1. The first kappa shape index (κ1) is 12.4. The zero-order valence-electron chi connectivity index (χ0n) is 10.6. The van der Waals surface area contributed by atoms with Gasteiger partial charge in [-0.3, -0.25) is 9.78 Å². The van der Waals surface area contributed by atoms with E-state index in [1.807, 2.05) is 13.0 Å². The highest BCUT2D eigenvalue weighted by Gasteiger charge is 2.24. The van der Waals surface area contributed by atoms with Gasteiger partial charge in [-0.25, -0.2) is 4.98 Å². The van der Waals surface area contributed by atoms with Gasteiger partial charge in [-0.15, -0.1) is 11.6 Å². The number of carbonyl (C=O) groups excluding carboxylic acids is 1. The third-order valence-corrected chi connectivity index (χ3v) is 3.62. The summed E-state index contributed by atoms with van der Waals surface area (Å²) in [6, 6.07) is 2.09. The van der Waals surface area contributed by atoms with E-state index in [9.17, 15) is 4.79 Å². The van der Waals surface area contributed by atoms with E-state index in [0.717, 1.165) is 23.3 Å². The maximum absolute atomic E-state index is 11.3. The van der Waals surface area contributed by atoms with Crippen LogP contribution in [0.3, 0.4) is 0 Å². The molecule has 2 aromatic rings. The monoisotopic (exact) mass is 278 g/mol. The van der Waals surface area contributed by atoms with Crippen LogP contribution in [0.2, 0.25) is 0 Å². The Morgan fingerprint density at radius 2 is 2.47 bits per heavy atom. The summed E-state index contributed by atoms with van der Waals surface area (Å²) in [5.41, 5.74) is 1.85. The van der Waals surface area contributed by atoms with E-state index in [1.54, 1.807) is 12.4 Å². The smallest absolute Gasteiger partial charge is 0.220 e. The molecule has 0 aliphatic carbocycles. The van der Waals surface area contributed by atoms with Gasteiger partial charge in [0.15, 0.2) is 0 Å². The zero-order chi connectivity index (χ0) is 13.4. The zero-order valence-corrected chi connectivity index (χ0v) is 11.4. The van der Waals surface area contributed by atoms with Gasteiger partial charge in [0.25, 0.3) is 0 Å². The summed E-state index contributed by atoms with van der Waals surface area (Å²) in [5, 5.41) is 2.80. The summed E-state index contributed by atoms with van der Waals surface area (Å²) in [6.07, 6.45) is 4.95. The Hall–Kier alpha value is -1.62. The van der Waals surface area contributed by atoms with Crippen molar-refractivity contribution in [2.45, 2.75) is 37.7 Å². The van der Waals surface area contributed by atoms with E-state index < -0.39 is 0 Å². The number of amides is 1. The highest BCUT2D eigenvalue weighted by atomic mass is 35.5. The molecule has 0 spiro atoms. The maximum atomic E-state index is 11.3. The van der Waals surface area contributed by atoms with Crippen molar-refractivity contribution in [3.8, 4) is 0 Å². The number of pyridine rings is 1. The minimum atomic E-state index is -0.176. The largest absolute Gasteiger partial charge is 0.352 e. The molecule has 0 bridgehead atoms. The Balaban J connectivity index is 2.00. The van der Waals surface area contributed by atoms with Crippen molar-refractivity contribution in [3.63, 3.8) is 0 Å². The van der Waals surface area contributed by atoms with Crippen LogP contribution in [0.4, 0.5) is 0 Å². The van der Waals surface area contributed by atoms with Crippen LogP contribution in [-0.4, -0.2) is 26.5 Å². The van der Waals surface area contributed by atoms with Crippen LogP contribution < -0.4 is 5.32 Å². The second-order valence-corrected chi connectivity index (χ2v) is 5.52. The van der Waals surface area contributed by atoms with Gasteiger partial charge in [-0.1, -0.05) is 0 Å². The van der Waals surface area contributed by atoms with Gasteiger partial charge < -0.3 is 9.88 Å². The van der Waals surface area contributed by atoms with Crippen LogP contribution >= 0.6 is 11.6 Å². The number of rotatable bonds is 3. The summed E-state index contributed by atoms with van der Waals surface area (Å²) < 4.78 is 2.09. The molecule has 5 nitrogen and oxygen atoms in total. The molecule has 1 N–H and O–H groups in total. The fourth-order valence-corrected chi connectivity index (χ4v) is 2.70. The van der Waals surface area contributed by atoms with Crippen molar-refractivity contribution in [3.05, 3.63) is 24.3 Å². The van der Waals surface area contributed by atoms with E-state index >= 15 is 0 Å². The van der Waals surface area contributed by atoms with E-state index in [0.29, 0.717) is 13.0 Å². The number of halogens is 1. The molecular weight excluding hydrogens is 264 g/mol. The second kappa shape index (κ2) is 4.81. The first-order chi connectivity index (χ1) is 9.15. The van der Waals surface area contributed by atoms with Crippen molar-refractivity contribution in [2.75, 3.05) is 0 Å². The Bertz CT molecular complexity index is 622. The predicted molar refractivity (Wildman–Crippen MR) is 73.0 cm³/mol. The molecule has 1 aliphatic rings. The first-order valence-electron chi connectivity index (χ1n) is 6.38. The van der Waals surface area contributed by atoms with Gasteiger partial charge in [0.2, 0.25) is 5.91 Å². The number of hydrogen-bond acceptors (Lipinski definition) is 3. The minimum absolute atomic E-state index is 0.122. The molecule has 1 saturated heterocycles. The molecular formula is C13H15ClN4O. The van der Waals surface area contributed by atoms with Crippen LogP contribution in [0.5, 0.6) is 0 Å². The topological polar surface area (TPSA) is 59.8 Å². The second-order valence-electron chi connectivity index (χ2n) is 4.86. The molecule has 100 valence electrons. The predicted octanol–water partition coefficient (Wildman–Crippen LogP) is 2.01. The Kier molecular flexibility index (Phi) is 3.14. The van der Waals surface area contributed by atoms with Crippen molar-refractivity contribution < 1.29 is 4.79 Å². The summed E-state index contributed by atoms with van der Waals surface area (Å²) in [5.74, 6) is 0.947. The molecule has 1 fully saturated rings. The lowest BCUT2D eigenvalue weighted by Crippen LogP contribution is -2.30. The van der Waals surface area contributed by atoms with Crippen LogP contribution in [0.15, 0.2) is 18.5 Å². The van der Waals surface area contributed by atoms with Crippen LogP contribution in [0.1, 0.15) is 31.0 Å². The van der Waals surface area contributed by atoms with Crippen LogP contribution in [0.25, 0.3) is 11.0 Å². The van der Waals surface area contributed by atoms with Gasteiger partial charge in [-0.05, 0) is 19.4 Å². The fourth-order valence-electron chi connectivity index (χ4n) is 2.53. The van der Waals surface area contributed by atoms with E-state index in [2.05, 4.69) is 19.9 Å². The van der Waals surface area contributed by atoms with E-state index in [-0.39, 0.29) is 17.3 Å². The number of hydrogen-bond donors (Lipinski definition) is 1. The average molecular weight is 279 g/mol. The van der Waals surface area contributed by atoms with E-state index in [4.69, 9.17) is 11.6 Å². The van der Waals surface area contributed by atoms with Crippen LogP contribution in [-0.2, 0) is 11.3 Å². The standard InChI is InChI=1S/C13H15ClN4O/c1-8(14)13-17-10-6-15-5-4-11(10)18(13)7-9-2-3-12(19)16-9/h4-6,8-9H,2-3,7H2,1H3,(H,16,19). The molecule has 3 heterocycles. The Morgan fingerprint density at radius 3 is 3.16 bits per heavy atom. The number of aromatic nitrogens is 3. The molecule has 0 radical (unpaired) electrons. The Labute approximate surface area is 116 Å². The molecule has 1 aliphatic heterocycles. The molecule has 6 heteroatoms. The van der Waals surface area contributed by atoms with Gasteiger partial charge >= 0.3 is 0 Å². The summed E-state index contributed by atoms with van der Waals surface area (Å²) >= 11 is 6.20. The lowest BCUT2D eigenvalue weighted by molar-refractivity contribution is -0.119. The van der Waals surface area contributed by atoms with Gasteiger partial charge in [0, 0.05) is 25.2 Å². The third kappa shape index (κ3) is 2.30. The SMILES string of the molecule is CC(Cl)c1nc2cnccc2n1CC1CCC(=O)N1. The van der Waals surface area contributed by atoms with Crippen molar-refractivity contribution in [2.24, 2.45) is 0 Å². The third-order valence-electron chi connectivity index (χ3n) is 3.42. The van der Waals surface area contributed by atoms with Gasteiger partial charge in [0.1, 0.15) is 11.3 Å². The highest BCUT2D eigenvalue weighted by molar-refractivity contribution is 6.20. The lowest BCUT2D eigenvalue weighted by Gasteiger charge is -2.15. The maximum Gasteiger partial charge on any atom is 0.220 e. The summed E-state index contributed by atoms with van der Waals surface area (Å²) in [6.45, 7) is 2.61. The highest BCUT2D eigenvalue weighted by Crippen LogP contribution is 2.25. The van der Waals surface area contributed by atoms with Crippen LogP contribution in [0, 0.1) is 0 Å². The fraction of sp³-hybridized carbons (Fsp3) is 0.462. The van der Waals surface area contributed by atoms with Crippen molar-refractivity contribution in [1.29, 1.82) is 0 Å². The first-order valence-corrected chi connectivity index (χ1v) is 6.82. The number of alkyl halides is 1. The molecule has 1 amide bonds. The average Bonchev–Trinajstić information content (AvgIpc) is 2.95. The van der Waals surface area contributed by atoms with Crippen molar-refractivity contribution >= 4 is 28.5 Å². The minimum Gasteiger partial charge on any atom is -0.352 e. The molecule has 0 aromatic carbocycles. The quantitative estimate of drug-likeness (QED) is 0.874. The number of carbonyl (C=O) groups is 1. The normalized spacial score (nSPS) is 20.7. The number of nitrogens with zero attached hydrogens (tertiary/aromatic N) is 3. The number of nitrogens with one attached hydrogen (secondary N) is 1. The molecule has 2 atom stereocenters. The summed E-state index contributed by atoms with van der Waals surface area (Å²) in [4.78, 5) is 19.9. The molecule has 19 heavy (non-hydrogen) atoms. The molecule has 2 unspecified atom stereocenters. The molecule has 2 aromatic heterocycles. The molecule has 0 saturated carbocycles. The van der Waals surface area contributed by atoms with E-state index in [1.165, 1.54) is 0 Å². The molecule has 3 rings (SSSR count). The lowest BCUT2D eigenvalue weighted by atomic mass is 10.2. The van der Waals surface area contributed by atoms with Gasteiger partial charge in [-0.2, -0.15) is 0 Å². The number of fused-ring (bicyclic) bond motifs is 1.